The quantitative estimate of drug-likeness (QED) is 0.530. The maximum Gasteiger partial charge on any atom is 0.418 e. The Kier molecular flexibility index (Phi) is 5.88. The highest BCUT2D eigenvalue weighted by atomic mass is 32.1. The Morgan fingerprint density at radius 2 is 1.93 bits per heavy atom. The Morgan fingerprint density at radius 1 is 1.14 bits per heavy atom. The van der Waals surface area contributed by atoms with Crippen LogP contribution in [-0.4, -0.2) is 11.8 Å². The molecule has 0 bridgehead atoms. The van der Waals surface area contributed by atoms with Gasteiger partial charge in [-0.05, 0) is 60.3 Å². The van der Waals surface area contributed by atoms with E-state index in [4.69, 9.17) is 4.42 Å². The monoisotopic (exact) mass is 420 g/mol. The predicted molar refractivity (Wildman–Crippen MR) is 105 cm³/mol. The molecule has 0 saturated carbocycles. The molecule has 2 heterocycles. The first-order valence-corrected chi connectivity index (χ1v) is 9.21. The van der Waals surface area contributed by atoms with Gasteiger partial charge in [-0.25, -0.2) is 0 Å². The molecule has 5 nitrogen and oxygen atoms in total. The molecule has 3 aromatic rings. The number of aryl methyl sites for hydroxylation is 1. The van der Waals surface area contributed by atoms with E-state index in [-0.39, 0.29) is 11.4 Å². The van der Waals surface area contributed by atoms with E-state index in [1.54, 1.807) is 6.08 Å². The number of benzene rings is 1. The molecule has 2 amide bonds. The van der Waals surface area contributed by atoms with Crippen LogP contribution in [0.4, 0.5) is 24.5 Å². The normalized spacial score (nSPS) is 11.6. The van der Waals surface area contributed by atoms with E-state index in [0.717, 1.165) is 22.6 Å². The van der Waals surface area contributed by atoms with Gasteiger partial charge in [0.15, 0.2) is 5.76 Å². The molecule has 0 saturated heterocycles. The molecule has 0 aliphatic carbocycles. The zero-order valence-corrected chi connectivity index (χ0v) is 15.9. The van der Waals surface area contributed by atoms with E-state index in [1.165, 1.54) is 41.9 Å². The summed E-state index contributed by atoms with van der Waals surface area (Å²) < 4.78 is 45.3. The van der Waals surface area contributed by atoms with Gasteiger partial charge in [0.2, 0.25) is 5.91 Å². The summed E-state index contributed by atoms with van der Waals surface area (Å²) in [4.78, 5) is 24.9. The van der Waals surface area contributed by atoms with Crippen molar-refractivity contribution in [1.29, 1.82) is 0 Å². The highest BCUT2D eigenvalue weighted by Gasteiger charge is 2.34. The van der Waals surface area contributed by atoms with E-state index in [1.807, 2.05) is 18.4 Å². The summed E-state index contributed by atoms with van der Waals surface area (Å²) in [6.07, 6.45) is -0.742. The molecule has 2 aromatic heterocycles. The number of nitrogens with one attached hydrogen (secondary N) is 2. The molecule has 0 aliphatic heterocycles. The summed E-state index contributed by atoms with van der Waals surface area (Å²) in [7, 11) is 0. The summed E-state index contributed by atoms with van der Waals surface area (Å²) >= 11 is 1.42. The number of carbonyl (C=O) groups is 2. The number of anilines is 2. The summed E-state index contributed by atoms with van der Waals surface area (Å²) in [5.74, 6) is -1.42. The fourth-order valence-corrected chi connectivity index (χ4v) is 3.27. The van der Waals surface area contributed by atoms with Crippen molar-refractivity contribution in [3.8, 4) is 0 Å². The molecular weight excluding hydrogens is 405 g/mol. The number of amides is 2. The van der Waals surface area contributed by atoms with Crippen molar-refractivity contribution >= 4 is 40.6 Å². The lowest BCUT2D eigenvalue weighted by Crippen LogP contribution is -2.16. The van der Waals surface area contributed by atoms with Crippen LogP contribution in [-0.2, 0) is 11.0 Å². The average molecular weight is 420 g/mol. The van der Waals surface area contributed by atoms with Gasteiger partial charge in [-0.15, -0.1) is 11.3 Å². The number of thiophene rings is 1. The van der Waals surface area contributed by atoms with E-state index >= 15 is 0 Å². The Morgan fingerprint density at radius 3 is 2.55 bits per heavy atom. The van der Waals surface area contributed by atoms with E-state index in [2.05, 4.69) is 10.6 Å². The molecular formula is C20H15F3N2O3S. The lowest BCUT2D eigenvalue weighted by Gasteiger charge is -2.15. The molecule has 0 atom stereocenters. The maximum atomic E-state index is 13.5. The fourth-order valence-electron chi connectivity index (χ4n) is 2.45. The van der Waals surface area contributed by atoms with Gasteiger partial charge in [0.05, 0.1) is 17.5 Å². The van der Waals surface area contributed by atoms with Crippen molar-refractivity contribution in [3.63, 3.8) is 0 Å². The minimum atomic E-state index is -4.73. The first kappa shape index (κ1) is 20.4. The smallest absolute Gasteiger partial charge is 0.418 e. The number of carbonyl (C=O) groups excluding carboxylic acids is 2. The third-order valence-corrected chi connectivity index (χ3v) is 4.86. The van der Waals surface area contributed by atoms with Gasteiger partial charge in [0.25, 0.3) is 5.91 Å². The van der Waals surface area contributed by atoms with Crippen LogP contribution in [0.1, 0.15) is 26.6 Å². The number of furan rings is 1. The van der Waals surface area contributed by atoms with Crippen LogP contribution in [0.3, 0.4) is 0 Å². The molecule has 0 fully saturated rings. The SMILES string of the molecule is Cc1ccsc1/C=C/C(=O)Nc1ccc(NC(=O)c2ccco2)cc1C(F)(F)F. The molecule has 0 spiro atoms. The van der Waals surface area contributed by atoms with Gasteiger partial charge in [-0.1, -0.05) is 0 Å². The topological polar surface area (TPSA) is 71.3 Å². The second kappa shape index (κ2) is 8.36. The minimum absolute atomic E-state index is 0.0371. The average Bonchev–Trinajstić information content (AvgIpc) is 3.32. The molecule has 1 aromatic carbocycles. The summed E-state index contributed by atoms with van der Waals surface area (Å²) in [6, 6.07) is 7.85. The van der Waals surface area contributed by atoms with Crippen LogP contribution < -0.4 is 10.6 Å². The number of rotatable bonds is 5. The Balaban J connectivity index is 1.79. The van der Waals surface area contributed by atoms with Gasteiger partial charge in [0.1, 0.15) is 0 Å². The highest BCUT2D eigenvalue weighted by molar-refractivity contribution is 7.11. The Hall–Kier alpha value is -3.33. The number of alkyl halides is 3. The lowest BCUT2D eigenvalue weighted by molar-refractivity contribution is -0.136. The number of halogens is 3. The zero-order valence-electron chi connectivity index (χ0n) is 15.0. The van der Waals surface area contributed by atoms with Gasteiger partial charge in [-0.2, -0.15) is 13.2 Å². The van der Waals surface area contributed by atoms with Gasteiger partial charge >= 0.3 is 6.18 Å². The predicted octanol–water partition coefficient (Wildman–Crippen LogP) is 5.57. The van der Waals surface area contributed by atoms with Crippen LogP contribution in [0.2, 0.25) is 0 Å². The van der Waals surface area contributed by atoms with Gasteiger partial charge in [0, 0.05) is 16.6 Å². The number of hydrogen-bond donors (Lipinski definition) is 2. The highest BCUT2D eigenvalue weighted by Crippen LogP contribution is 2.36. The van der Waals surface area contributed by atoms with E-state index < -0.39 is 29.2 Å². The Labute approximate surface area is 167 Å². The van der Waals surface area contributed by atoms with E-state index in [0.29, 0.717) is 0 Å². The second-order valence-corrected chi connectivity index (χ2v) is 6.93. The van der Waals surface area contributed by atoms with Crippen molar-refractivity contribution in [3.05, 3.63) is 75.9 Å². The summed E-state index contributed by atoms with van der Waals surface area (Å²) in [6.45, 7) is 1.87. The van der Waals surface area contributed by atoms with Crippen molar-refractivity contribution < 1.29 is 27.2 Å². The third-order valence-electron chi connectivity index (χ3n) is 3.87. The minimum Gasteiger partial charge on any atom is -0.459 e. The van der Waals surface area contributed by atoms with Crippen LogP contribution in [0.5, 0.6) is 0 Å². The fraction of sp³-hybridized carbons (Fsp3) is 0.100. The van der Waals surface area contributed by atoms with Crippen LogP contribution in [0, 0.1) is 6.92 Å². The zero-order chi connectivity index (χ0) is 21.0. The maximum absolute atomic E-state index is 13.5. The molecule has 0 unspecified atom stereocenters. The Bertz CT molecular complexity index is 1050. The van der Waals surface area contributed by atoms with Crippen LogP contribution in [0.15, 0.2) is 58.5 Å². The summed E-state index contributed by atoms with van der Waals surface area (Å²) in [5.41, 5.74) is -0.608. The van der Waals surface area contributed by atoms with E-state index in [9.17, 15) is 22.8 Å². The first-order valence-electron chi connectivity index (χ1n) is 8.33. The largest absolute Gasteiger partial charge is 0.459 e. The van der Waals surface area contributed by atoms with Gasteiger partial charge in [-0.3, -0.25) is 9.59 Å². The van der Waals surface area contributed by atoms with Crippen molar-refractivity contribution in [2.45, 2.75) is 13.1 Å². The molecule has 9 heteroatoms. The second-order valence-electron chi connectivity index (χ2n) is 5.98. The van der Waals surface area contributed by atoms with Crippen LogP contribution in [0.25, 0.3) is 6.08 Å². The third kappa shape index (κ3) is 5.14. The molecule has 3 rings (SSSR count). The molecule has 2 N–H and O–H groups in total. The summed E-state index contributed by atoms with van der Waals surface area (Å²) in [5, 5.41) is 6.42. The van der Waals surface area contributed by atoms with Crippen LogP contribution >= 0.6 is 11.3 Å². The molecule has 29 heavy (non-hydrogen) atoms. The standard InChI is InChI=1S/C20H15F3N2O3S/c1-12-8-10-29-17(12)6-7-18(26)25-15-5-4-13(11-14(15)20(21,22)23)24-19(27)16-3-2-9-28-16/h2-11H,1H3,(H,24,27)(H,25,26)/b7-6+. The van der Waals surface area contributed by atoms with Crippen molar-refractivity contribution in [1.82, 2.24) is 0 Å². The number of hydrogen-bond acceptors (Lipinski definition) is 4. The molecule has 0 radical (unpaired) electrons. The molecule has 150 valence electrons. The van der Waals surface area contributed by atoms with Crippen molar-refractivity contribution in [2.24, 2.45) is 0 Å². The van der Waals surface area contributed by atoms with Gasteiger partial charge < -0.3 is 15.1 Å². The van der Waals surface area contributed by atoms with Crippen molar-refractivity contribution in [2.75, 3.05) is 10.6 Å². The lowest BCUT2D eigenvalue weighted by atomic mass is 10.1. The molecule has 0 aliphatic rings. The first-order chi connectivity index (χ1) is 13.7.